The fourth-order valence-corrected chi connectivity index (χ4v) is 2.59. The number of nitrogens with zero attached hydrogens (tertiary/aromatic N) is 1. The van der Waals surface area contributed by atoms with E-state index in [1.54, 1.807) is 11.2 Å². The van der Waals surface area contributed by atoms with Crippen molar-refractivity contribution in [3.63, 3.8) is 0 Å². The molecule has 1 aromatic carbocycles. The Morgan fingerprint density at radius 3 is 2.83 bits per heavy atom. The zero-order valence-corrected chi connectivity index (χ0v) is 13.8. The largest absolute Gasteiger partial charge is 0.464 e. The smallest absolute Gasteiger partial charge is 0.410 e. The lowest BCUT2D eigenvalue weighted by Crippen LogP contribution is -2.37. The second kappa shape index (κ2) is 5.99. The van der Waals surface area contributed by atoms with Crippen LogP contribution in [0.4, 0.5) is 10.5 Å². The minimum absolute atomic E-state index is 0.282. The lowest BCUT2D eigenvalue weighted by molar-refractivity contribution is 0.0245. The van der Waals surface area contributed by atoms with Crippen molar-refractivity contribution in [1.82, 2.24) is 4.90 Å². The molecule has 5 heteroatoms. The molecule has 0 aliphatic carbocycles. The number of anilines is 1. The van der Waals surface area contributed by atoms with Crippen LogP contribution in [0.3, 0.4) is 0 Å². The number of benzene rings is 1. The third-order valence-electron chi connectivity index (χ3n) is 3.62. The van der Waals surface area contributed by atoms with Crippen molar-refractivity contribution in [1.29, 1.82) is 0 Å². The molecule has 0 atom stereocenters. The highest BCUT2D eigenvalue weighted by Gasteiger charge is 2.24. The van der Waals surface area contributed by atoms with Gasteiger partial charge in [0.15, 0.2) is 0 Å². The molecule has 5 nitrogen and oxygen atoms in total. The van der Waals surface area contributed by atoms with Gasteiger partial charge in [-0.1, -0.05) is 0 Å². The van der Waals surface area contributed by atoms with Gasteiger partial charge in [0.05, 0.1) is 12.8 Å². The maximum absolute atomic E-state index is 12.3. The predicted molar refractivity (Wildman–Crippen MR) is 89.3 cm³/mol. The van der Waals surface area contributed by atoms with E-state index < -0.39 is 5.60 Å². The van der Waals surface area contributed by atoms with E-state index in [0.717, 1.165) is 22.6 Å². The van der Waals surface area contributed by atoms with Crippen LogP contribution in [-0.2, 0) is 11.3 Å². The van der Waals surface area contributed by atoms with E-state index in [1.165, 1.54) is 0 Å². The Bertz CT molecular complexity index is 687. The Morgan fingerprint density at radius 1 is 1.30 bits per heavy atom. The van der Waals surface area contributed by atoms with Gasteiger partial charge in [0, 0.05) is 24.3 Å². The van der Waals surface area contributed by atoms with Crippen molar-refractivity contribution < 1.29 is 13.9 Å². The first-order valence-electron chi connectivity index (χ1n) is 7.81. The van der Waals surface area contributed by atoms with Crippen molar-refractivity contribution >= 4 is 11.8 Å². The van der Waals surface area contributed by atoms with Crippen molar-refractivity contribution in [3.8, 4) is 11.3 Å². The predicted octanol–water partition coefficient (Wildman–Crippen LogP) is 4.11. The fourth-order valence-electron chi connectivity index (χ4n) is 2.59. The topological polar surface area (TPSA) is 54.7 Å². The van der Waals surface area contributed by atoms with Gasteiger partial charge >= 0.3 is 6.09 Å². The summed E-state index contributed by atoms with van der Waals surface area (Å²) < 4.78 is 10.9. The molecule has 2 heterocycles. The molecule has 122 valence electrons. The summed E-state index contributed by atoms with van der Waals surface area (Å²) in [7, 11) is 0. The Balaban J connectivity index is 1.84. The molecule has 1 N–H and O–H groups in total. The summed E-state index contributed by atoms with van der Waals surface area (Å²) in [6.45, 7) is 7.47. The molecule has 0 spiro atoms. The molecule has 0 bridgehead atoms. The highest BCUT2D eigenvalue weighted by atomic mass is 16.6. The van der Waals surface area contributed by atoms with E-state index in [4.69, 9.17) is 9.15 Å². The SMILES string of the molecule is CC(C)(C)OC(=O)N1CCNc2ccc(-c3ccco3)cc2C1. The Hall–Kier alpha value is -2.43. The molecule has 3 rings (SSSR count). The standard InChI is InChI=1S/C18H22N2O3/c1-18(2,3)23-17(21)20-9-8-19-15-7-6-13(11-14(15)12-20)16-5-4-10-22-16/h4-7,10-11,19H,8-9,12H2,1-3H3. The molecule has 0 radical (unpaired) electrons. The summed E-state index contributed by atoms with van der Waals surface area (Å²) in [5.74, 6) is 0.820. The number of rotatable bonds is 1. The number of ether oxygens (including phenoxy) is 1. The van der Waals surface area contributed by atoms with Crippen LogP contribution in [0.2, 0.25) is 0 Å². The van der Waals surface area contributed by atoms with E-state index in [9.17, 15) is 4.79 Å². The Morgan fingerprint density at radius 2 is 2.13 bits per heavy atom. The van der Waals surface area contributed by atoms with Crippen molar-refractivity contribution in [2.24, 2.45) is 0 Å². The fraction of sp³-hybridized carbons (Fsp3) is 0.389. The average molecular weight is 314 g/mol. The minimum atomic E-state index is -0.490. The lowest BCUT2D eigenvalue weighted by atomic mass is 10.1. The highest BCUT2D eigenvalue weighted by Crippen LogP contribution is 2.28. The number of carbonyl (C=O) groups is 1. The van der Waals surface area contributed by atoms with Crippen LogP contribution in [0.25, 0.3) is 11.3 Å². The number of nitrogens with one attached hydrogen (secondary N) is 1. The maximum atomic E-state index is 12.3. The Labute approximate surface area is 136 Å². The molecule has 23 heavy (non-hydrogen) atoms. The van der Waals surface area contributed by atoms with Crippen LogP contribution >= 0.6 is 0 Å². The van der Waals surface area contributed by atoms with Crippen LogP contribution in [-0.4, -0.2) is 29.7 Å². The van der Waals surface area contributed by atoms with Crippen LogP contribution in [0.5, 0.6) is 0 Å². The molecular formula is C18H22N2O3. The summed E-state index contributed by atoms with van der Waals surface area (Å²) >= 11 is 0. The van der Waals surface area contributed by atoms with Gasteiger partial charge in [-0.15, -0.1) is 0 Å². The second-order valence-corrected chi connectivity index (χ2v) is 6.68. The molecule has 1 aliphatic heterocycles. The molecule has 0 saturated carbocycles. The van der Waals surface area contributed by atoms with E-state index in [1.807, 2.05) is 45.0 Å². The molecule has 0 saturated heterocycles. The summed E-state index contributed by atoms with van der Waals surface area (Å²) in [6, 6.07) is 9.91. The van der Waals surface area contributed by atoms with Gasteiger partial charge in [0.2, 0.25) is 0 Å². The molecule has 1 amide bonds. The number of amides is 1. The zero-order chi connectivity index (χ0) is 16.4. The summed E-state index contributed by atoms with van der Waals surface area (Å²) in [5.41, 5.74) is 2.62. The Kier molecular flexibility index (Phi) is 4.03. The van der Waals surface area contributed by atoms with Gasteiger partial charge in [-0.2, -0.15) is 0 Å². The number of furan rings is 1. The van der Waals surface area contributed by atoms with Gasteiger partial charge < -0.3 is 19.4 Å². The molecule has 1 aliphatic rings. The van der Waals surface area contributed by atoms with Gasteiger partial charge in [-0.3, -0.25) is 0 Å². The van der Waals surface area contributed by atoms with Gasteiger partial charge in [-0.25, -0.2) is 4.79 Å². The maximum Gasteiger partial charge on any atom is 0.410 e. The zero-order valence-electron chi connectivity index (χ0n) is 13.8. The van der Waals surface area contributed by atoms with Gasteiger partial charge in [0.1, 0.15) is 11.4 Å². The number of fused-ring (bicyclic) bond motifs is 1. The summed E-state index contributed by atoms with van der Waals surface area (Å²) in [4.78, 5) is 14.1. The van der Waals surface area contributed by atoms with Crippen molar-refractivity contribution in [2.75, 3.05) is 18.4 Å². The van der Waals surface area contributed by atoms with E-state index in [2.05, 4.69) is 11.4 Å². The third kappa shape index (κ3) is 3.67. The van der Waals surface area contributed by atoms with E-state index >= 15 is 0 Å². The van der Waals surface area contributed by atoms with Crippen LogP contribution in [0.1, 0.15) is 26.3 Å². The quantitative estimate of drug-likeness (QED) is 0.860. The highest BCUT2D eigenvalue weighted by molar-refractivity contribution is 5.71. The molecule has 0 fully saturated rings. The lowest BCUT2D eigenvalue weighted by Gasteiger charge is -2.26. The molecule has 1 aromatic heterocycles. The molecule has 0 unspecified atom stereocenters. The first-order valence-corrected chi connectivity index (χ1v) is 7.81. The minimum Gasteiger partial charge on any atom is -0.464 e. The van der Waals surface area contributed by atoms with E-state index in [-0.39, 0.29) is 6.09 Å². The monoisotopic (exact) mass is 314 g/mol. The first kappa shape index (κ1) is 15.5. The number of hydrogen-bond donors (Lipinski definition) is 1. The summed E-state index contributed by atoms with van der Waals surface area (Å²) in [6.07, 6.45) is 1.38. The van der Waals surface area contributed by atoms with Crippen molar-refractivity contribution in [3.05, 3.63) is 42.2 Å². The van der Waals surface area contributed by atoms with Crippen LogP contribution in [0, 0.1) is 0 Å². The molecule has 2 aromatic rings. The third-order valence-corrected chi connectivity index (χ3v) is 3.62. The van der Waals surface area contributed by atoms with Crippen LogP contribution < -0.4 is 5.32 Å². The van der Waals surface area contributed by atoms with E-state index in [0.29, 0.717) is 19.6 Å². The number of carbonyl (C=O) groups excluding carboxylic acids is 1. The summed E-state index contributed by atoms with van der Waals surface area (Å²) in [5, 5.41) is 3.37. The molecular weight excluding hydrogens is 292 g/mol. The number of hydrogen-bond acceptors (Lipinski definition) is 4. The first-order chi connectivity index (χ1) is 10.9. The second-order valence-electron chi connectivity index (χ2n) is 6.68. The normalized spacial score (nSPS) is 14.7. The average Bonchev–Trinajstić information content (AvgIpc) is 2.91. The van der Waals surface area contributed by atoms with Gasteiger partial charge in [-0.05, 0) is 56.7 Å². The van der Waals surface area contributed by atoms with Gasteiger partial charge in [0.25, 0.3) is 0 Å². The van der Waals surface area contributed by atoms with Crippen molar-refractivity contribution in [2.45, 2.75) is 32.9 Å². The van der Waals surface area contributed by atoms with Crippen LogP contribution in [0.15, 0.2) is 41.0 Å².